The first-order chi connectivity index (χ1) is 19.3. The first-order valence-electron chi connectivity index (χ1n) is 13.1. The Labute approximate surface area is 235 Å². The lowest BCUT2D eigenvalue weighted by molar-refractivity contribution is 0.0666. The van der Waals surface area contributed by atoms with Gasteiger partial charge < -0.3 is 4.90 Å². The van der Waals surface area contributed by atoms with Crippen molar-refractivity contribution in [2.75, 3.05) is 4.90 Å². The van der Waals surface area contributed by atoms with E-state index in [1.54, 1.807) is 78.9 Å². The summed E-state index contributed by atoms with van der Waals surface area (Å²) >= 11 is 6.81. The molecule has 40 heavy (non-hydrogen) atoms. The third-order valence-corrected chi connectivity index (χ3v) is 8.95. The number of fused-ring (bicyclic) bond motifs is 5. The quantitative estimate of drug-likeness (QED) is 0.203. The van der Waals surface area contributed by atoms with Crippen molar-refractivity contribution in [3.05, 3.63) is 141 Å². The molecule has 0 amide bonds. The number of hydrogen-bond acceptors (Lipinski definition) is 4. The molecule has 4 aromatic rings. The van der Waals surface area contributed by atoms with Crippen molar-refractivity contribution in [3.63, 3.8) is 0 Å². The van der Waals surface area contributed by atoms with Crippen molar-refractivity contribution in [1.29, 1.82) is 0 Å². The first-order valence-corrected chi connectivity index (χ1v) is 13.5. The summed E-state index contributed by atoms with van der Waals surface area (Å²) in [7, 11) is 0. The highest BCUT2D eigenvalue weighted by molar-refractivity contribution is 6.34. The zero-order valence-electron chi connectivity index (χ0n) is 21.5. The fourth-order valence-electron chi connectivity index (χ4n) is 6.91. The van der Waals surface area contributed by atoms with Gasteiger partial charge in [-0.1, -0.05) is 96.0 Å². The second kappa shape index (κ2) is 8.83. The number of Topliss-reactive ketones (excluding diaryl/α,β-unsaturated/α-hetero) is 3. The third kappa shape index (κ3) is 3.21. The normalized spacial score (nSPS) is 21.9. The second-order valence-corrected chi connectivity index (χ2v) is 11.1. The number of aryl methyl sites for hydroxylation is 1. The largest absolute Gasteiger partial charge is 0.352 e. The summed E-state index contributed by atoms with van der Waals surface area (Å²) in [5.41, 5.74) is 2.19. The Balaban J connectivity index is 1.56. The van der Waals surface area contributed by atoms with Crippen molar-refractivity contribution < 1.29 is 18.8 Å². The fraction of sp³-hybridized carbons (Fsp3) is 0.147. The number of carbonyl (C=O) groups excluding carboxylic acids is 3. The Morgan fingerprint density at radius 3 is 2.20 bits per heavy atom. The molecule has 1 spiro atoms. The van der Waals surface area contributed by atoms with E-state index in [9.17, 15) is 18.8 Å². The van der Waals surface area contributed by atoms with Crippen LogP contribution in [0, 0.1) is 18.2 Å². The molecule has 1 aliphatic carbocycles. The van der Waals surface area contributed by atoms with Crippen LogP contribution >= 0.6 is 11.6 Å². The van der Waals surface area contributed by atoms with Crippen LogP contribution in [0.1, 0.15) is 53.7 Å². The van der Waals surface area contributed by atoms with Gasteiger partial charge in [-0.15, -0.1) is 0 Å². The number of hydrogen-bond donors (Lipinski definition) is 0. The topological polar surface area (TPSA) is 54.5 Å². The SMILES string of the molecule is Cc1ccc(C(=O)[C@@H]2[C@@H](c3ccccc3Cl)C3(C(=O)c4ccccc4C3=O)[C@H]3C=Cc4cc(F)ccc4N23)cc1. The average Bonchev–Trinajstić information content (AvgIpc) is 3.39. The highest BCUT2D eigenvalue weighted by atomic mass is 35.5. The van der Waals surface area contributed by atoms with Crippen molar-refractivity contribution in [1.82, 2.24) is 0 Å². The first kappa shape index (κ1) is 24.7. The van der Waals surface area contributed by atoms with Crippen LogP contribution in [-0.4, -0.2) is 29.4 Å². The van der Waals surface area contributed by atoms with Gasteiger partial charge >= 0.3 is 0 Å². The Bertz CT molecular complexity index is 1740. The minimum atomic E-state index is -1.65. The molecule has 1 fully saturated rings. The zero-order valence-corrected chi connectivity index (χ0v) is 22.2. The predicted molar refractivity (Wildman–Crippen MR) is 153 cm³/mol. The van der Waals surface area contributed by atoms with Crippen LogP contribution in [0.4, 0.5) is 10.1 Å². The fourth-order valence-corrected chi connectivity index (χ4v) is 7.16. The summed E-state index contributed by atoms with van der Waals surface area (Å²) in [6, 6.07) is 23.8. The summed E-state index contributed by atoms with van der Waals surface area (Å²) < 4.78 is 14.3. The molecule has 4 aromatic carbocycles. The lowest BCUT2D eigenvalue weighted by Gasteiger charge is -2.37. The molecule has 0 aromatic heterocycles. The summed E-state index contributed by atoms with van der Waals surface area (Å²) in [6.07, 6.45) is 3.52. The van der Waals surface area contributed by atoms with Gasteiger partial charge in [0.1, 0.15) is 17.3 Å². The minimum Gasteiger partial charge on any atom is -0.352 e. The number of ketones is 3. The number of anilines is 1. The Hall–Kier alpha value is -4.35. The number of carbonyl (C=O) groups is 3. The smallest absolute Gasteiger partial charge is 0.185 e. The molecule has 2 aliphatic heterocycles. The molecule has 3 atom stereocenters. The summed E-state index contributed by atoms with van der Waals surface area (Å²) in [5.74, 6) is -2.23. The number of rotatable bonds is 3. The van der Waals surface area contributed by atoms with E-state index in [1.807, 2.05) is 24.0 Å². The standard InChI is InChI=1S/C34H23ClFNO3/c1-19-10-12-20(13-11-19)31(38)30-29(25-8-4-5-9-26(25)35)34(32(39)23-6-2-3-7-24(23)33(34)40)28-17-14-21-18-22(36)15-16-27(21)37(28)30/h2-18,28-30H,1H3/t28-,29-,30+/m1/s1. The van der Waals surface area contributed by atoms with Gasteiger partial charge in [-0.2, -0.15) is 0 Å². The highest BCUT2D eigenvalue weighted by Gasteiger charge is 2.71. The predicted octanol–water partition coefficient (Wildman–Crippen LogP) is 7.10. The van der Waals surface area contributed by atoms with Crippen molar-refractivity contribution >= 4 is 40.7 Å². The molecule has 2 heterocycles. The molecule has 0 bridgehead atoms. The molecule has 4 nitrogen and oxygen atoms in total. The van der Waals surface area contributed by atoms with E-state index < -0.39 is 29.2 Å². The molecule has 0 unspecified atom stereocenters. The van der Waals surface area contributed by atoms with Gasteiger partial charge in [0, 0.05) is 38.9 Å². The van der Waals surface area contributed by atoms with Crippen LogP contribution in [0.2, 0.25) is 5.02 Å². The van der Waals surface area contributed by atoms with Gasteiger partial charge in [-0.05, 0) is 36.8 Å². The van der Waals surface area contributed by atoms with Gasteiger partial charge in [0.15, 0.2) is 17.3 Å². The van der Waals surface area contributed by atoms with Crippen LogP contribution < -0.4 is 4.90 Å². The van der Waals surface area contributed by atoms with E-state index in [-0.39, 0.29) is 17.3 Å². The molecular weight excluding hydrogens is 525 g/mol. The van der Waals surface area contributed by atoms with Gasteiger partial charge in [0.2, 0.25) is 0 Å². The highest BCUT2D eigenvalue weighted by Crippen LogP contribution is 2.61. The average molecular weight is 548 g/mol. The lowest BCUT2D eigenvalue weighted by Crippen LogP contribution is -2.48. The van der Waals surface area contributed by atoms with Gasteiger partial charge in [0.05, 0.1) is 6.04 Å². The number of benzene rings is 4. The molecule has 6 heteroatoms. The molecule has 0 N–H and O–H groups in total. The maximum atomic E-state index is 14.6. The van der Waals surface area contributed by atoms with E-state index in [0.29, 0.717) is 38.5 Å². The molecule has 3 aliphatic rings. The number of nitrogens with zero attached hydrogens (tertiary/aromatic N) is 1. The van der Waals surface area contributed by atoms with Crippen LogP contribution in [0.25, 0.3) is 6.08 Å². The maximum absolute atomic E-state index is 14.6. The van der Waals surface area contributed by atoms with Crippen LogP contribution in [0.15, 0.2) is 97.1 Å². The van der Waals surface area contributed by atoms with Gasteiger partial charge in [-0.25, -0.2) is 4.39 Å². The van der Waals surface area contributed by atoms with Crippen molar-refractivity contribution in [3.8, 4) is 0 Å². The van der Waals surface area contributed by atoms with Crippen LogP contribution in [-0.2, 0) is 0 Å². The van der Waals surface area contributed by atoms with E-state index in [2.05, 4.69) is 0 Å². The van der Waals surface area contributed by atoms with E-state index in [4.69, 9.17) is 11.6 Å². The van der Waals surface area contributed by atoms with Crippen LogP contribution in [0.3, 0.4) is 0 Å². The lowest BCUT2D eigenvalue weighted by atomic mass is 9.64. The monoisotopic (exact) mass is 547 g/mol. The third-order valence-electron chi connectivity index (χ3n) is 8.61. The molecule has 0 saturated carbocycles. The Morgan fingerprint density at radius 1 is 0.875 bits per heavy atom. The molecular formula is C34H23ClFNO3. The van der Waals surface area contributed by atoms with E-state index in [1.165, 1.54) is 12.1 Å². The maximum Gasteiger partial charge on any atom is 0.185 e. The van der Waals surface area contributed by atoms with E-state index >= 15 is 0 Å². The summed E-state index contributed by atoms with van der Waals surface area (Å²) in [4.78, 5) is 45.7. The summed E-state index contributed by atoms with van der Waals surface area (Å²) in [6.45, 7) is 1.94. The van der Waals surface area contributed by atoms with E-state index in [0.717, 1.165) is 5.56 Å². The number of halogens is 2. The molecule has 196 valence electrons. The minimum absolute atomic E-state index is 0.242. The zero-order chi connectivity index (χ0) is 27.8. The molecule has 7 rings (SSSR count). The second-order valence-electron chi connectivity index (χ2n) is 10.7. The Kier molecular flexibility index (Phi) is 5.45. The molecule has 1 saturated heterocycles. The molecule has 0 radical (unpaired) electrons. The van der Waals surface area contributed by atoms with Gasteiger partial charge in [-0.3, -0.25) is 14.4 Å². The van der Waals surface area contributed by atoms with Gasteiger partial charge in [0.25, 0.3) is 0 Å². The summed E-state index contributed by atoms with van der Waals surface area (Å²) in [5, 5.41) is 0.369. The van der Waals surface area contributed by atoms with Crippen LogP contribution in [0.5, 0.6) is 0 Å². The Morgan fingerprint density at radius 2 is 1.52 bits per heavy atom. The van der Waals surface area contributed by atoms with Crippen molar-refractivity contribution in [2.24, 2.45) is 5.41 Å². The van der Waals surface area contributed by atoms with Crippen molar-refractivity contribution in [2.45, 2.75) is 24.9 Å².